The molecule has 106 valence electrons. The van der Waals surface area contributed by atoms with Crippen LogP contribution >= 0.6 is 0 Å². The van der Waals surface area contributed by atoms with Gasteiger partial charge in [0, 0.05) is 38.4 Å². The van der Waals surface area contributed by atoms with Crippen LogP contribution in [0.3, 0.4) is 0 Å². The summed E-state index contributed by atoms with van der Waals surface area (Å²) < 4.78 is 0. The SMILES string of the molecule is C#CCNC(=O)N1CCN(C(C)c2ccccn2)CC1. The molecule has 1 fully saturated rings. The van der Waals surface area contributed by atoms with E-state index in [1.807, 2.05) is 24.4 Å². The van der Waals surface area contributed by atoms with Crippen molar-refractivity contribution in [3.63, 3.8) is 0 Å². The molecule has 1 unspecified atom stereocenters. The third-order valence-electron chi connectivity index (χ3n) is 3.61. The number of piperazine rings is 1. The third kappa shape index (κ3) is 3.49. The molecule has 1 aromatic heterocycles. The molecule has 0 radical (unpaired) electrons. The molecule has 1 aromatic rings. The number of nitrogens with one attached hydrogen (secondary N) is 1. The number of nitrogens with zero attached hydrogens (tertiary/aromatic N) is 3. The van der Waals surface area contributed by atoms with Gasteiger partial charge in [-0.1, -0.05) is 12.0 Å². The maximum absolute atomic E-state index is 11.8. The smallest absolute Gasteiger partial charge is 0.318 e. The minimum atomic E-state index is -0.0758. The molecule has 20 heavy (non-hydrogen) atoms. The molecule has 1 atom stereocenters. The van der Waals surface area contributed by atoms with E-state index in [4.69, 9.17) is 6.42 Å². The molecule has 0 aromatic carbocycles. The summed E-state index contributed by atoms with van der Waals surface area (Å²) in [5, 5.41) is 2.70. The summed E-state index contributed by atoms with van der Waals surface area (Å²) in [6.45, 7) is 5.56. The minimum absolute atomic E-state index is 0.0758. The first-order chi connectivity index (χ1) is 9.72. The normalized spacial score (nSPS) is 17.3. The van der Waals surface area contributed by atoms with Gasteiger partial charge in [0.2, 0.25) is 0 Å². The first-order valence-electron chi connectivity index (χ1n) is 6.83. The highest BCUT2D eigenvalue weighted by atomic mass is 16.2. The Kier molecular flexibility index (Phi) is 4.97. The van der Waals surface area contributed by atoms with Crippen LogP contribution in [0.4, 0.5) is 4.79 Å². The van der Waals surface area contributed by atoms with E-state index in [0.717, 1.165) is 18.8 Å². The summed E-state index contributed by atoms with van der Waals surface area (Å²) in [4.78, 5) is 20.3. The Morgan fingerprint density at radius 1 is 1.45 bits per heavy atom. The average Bonchev–Trinajstić information content (AvgIpc) is 2.53. The predicted octanol–water partition coefficient (Wildman–Crippen LogP) is 1.10. The van der Waals surface area contributed by atoms with Gasteiger partial charge in [-0.2, -0.15) is 0 Å². The van der Waals surface area contributed by atoms with Crippen LogP contribution in [-0.4, -0.2) is 53.5 Å². The number of aromatic nitrogens is 1. The lowest BCUT2D eigenvalue weighted by Crippen LogP contribution is -2.52. The number of urea groups is 1. The summed E-state index contributed by atoms with van der Waals surface area (Å²) in [6, 6.07) is 6.16. The number of rotatable bonds is 3. The third-order valence-corrected chi connectivity index (χ3v) is 3.61. The molecule has 1 aliphatic heterocycles. The van der Waals surface area contributed by atoms with Crippen LogP contribution in [0.1, 0.15) is 18.7 Å². The number of carbonyl (C=O) groups is 1. The average molecular weight is 272 g/mol. The van der Waals surface area contributed by atoms with Crippen molar-refractivity contribution in [1.82, 2.24) is 20.1 Å². The highest BCUT2D eigenvalue weighted by Gasteiger charge is 2.24. The van der Waals surface area contributed by atoms with E-state index in [-0.39, 0.29) is 18.6 Å². The standard InChI is InChI=1S/C15H20N4O/c1-3-7-17-15(20)19-11-9-18(10-12-19)13(2)14-6-4-5-8-16-14/h1,4-6,8,13H,7,9-12H2,2H3,(H,17,20). The summed E-state index contributed by atoms with van der Waals surface area (Å²) in [7, 11) is 0. The fourth-order valence-corrected chi connectivity index (χ4v) is 2.36. The Bertz CT molecular complexity index is 474. The van der Waals surface area contributed by atoms with Crippen LogP contribution in [0.15, 0.2) is 24.4 Å². The molecule has 0 aliphatic carbocycles. The van der Waals surface area contributed by atoms with Gasteiger partial charge in [-0.3, -0.25) is 9.88 Å². The van der Waals surface area contributed by atoms with Crippen LogP contribution < -0.4 is 5.32 Å². The first kappa shape index (κ1) is 14.4. The number of terminal acetylenes is 1. The van der Waals surface area contributed by atoms with E-state index < -0.39 is 0 Å². The second kappa shape index (κ2) is 6.92. The first-order valence-corrected chi connectivity index (χ1v) is 6.83. The quantitative estimate of drug-likeness (QED) is 0.838. The Labute approximate surface area is 120 Å². The molecule has 1 saturated heterocycles. The van der Waals surface area contributed by atoms with Gasteiger partial charge in [0.05, 0.1) is 12.2 Å². The minimum Gasteiger partial charge on any atom is -0.327 e. The number of hydrogen-bond acceptors (Lipinski definition) is 3. The van der Waals surface area contributed by atoms with Crippen molar-refractivity contribution in [2.24, 2.45) is 0 Å². The Hall–Kier alpha value is -2.06. The predicted molar refractivity (Wildman–Crippen MR) is 78.0 cm³/mol. The van der Waals surface area contributed by atoms with Gasteiger partial charge in [0.15, 0.2) is 0 Å². The largest absolute Gasteiger partial charge is 0.327 e. The molecular formula is C15H20N4O. The van der Waals surface area contributed by atoms with Crippen molar-refractivity contribution in [1.29, 1.82) is 0 Å². The van der Waals surface area contributed by atoms with E-state index in [1.165, 1.54) is 0 Å². The number of pyridine rings is 1. The Balaban J connectivity index is 1.85. The molecule has 0 bridgehead atoms. The van der Waals surface area contributed by atoms with E-state index >= 15 is 0 Å². The maximum atomic E-state index is 11.8. The number of hydrogen-bond donors (Lipinski definition) is 1. The van der Waals surface area contributed by atoms with Crippen LogP contribution in [-0.2, 0) is 0 Å². The second-order valence-corrected chi connectivity index (χ2v) is 4.82. The lowest BCUT2D eigenvalue weighted by Gasteiger charge is -2.37. The molecule has 2 heterocycles. The van der Waals surface area contributed by atoms with Crippen molar-refractivity contribution in [2.75, 3.05) is 32.7 Å². The topological polar surface area (TPSA) is 48.5 Å². The number of amides is 2. The molecule has 2 rings (SSSR count). The molecule has 0 saturated carbocycles. The molecule has 5 heteroatoms. The van der Waals surface area contributed by atoms with Crippen molar-refractivity contribution in [3.8, 4) is 12.3 Å². The molecule has 1 aliphatic rings. The van der Waals surface area contributed by atoms with Gasteiger partial charge in [-0.25, -0.2) is 4.79 Å². The molecule has 2 amide bonds. The zero-order valence-electron chi connectivity index (χ0n) is 11.7. The van der Waals surface area contributed by atoms with Crippen LogP contribution in [0, 0.1) is 12.3 Å². The van der Waals surface area contributed by atoms with Gasteiger partial charge in [-0.15, -0.1) is 6.42 Å². The van der Waals surface area contributed by atoms with Crippen molar-refractivity contribution in [3.05, 3.63) is 30.1 Å². The van der Waals surface area contributed by atoms with Crippen molar-refractivity contribution >= 4 is 6.03 Å². The lowest BCUT2D eigenvalue weighted by atomic mass is 10.1. The van der Waals surface area contributed by atoms with Crippen molar-refractivity contribution in [2.45, 2.75) is 13.0 Å². The summed E-state index contributed by atoms with van der Waals surface area (Å²) >= 11 is 0. The van der Waals surface area contributed by atoms with E-state index in [2.05, 4.69) is 28.0 Å². The van der Waals surface area contributed by atoms with E-state index in [1.54, 1.807) is 4.90 Å². The van der Waals surface area contributed by atoms with Crippen LogP contribution in [0.25, 0.3) is 0 Å². The van der Waals surface area contributed by atoms with Crippen molar-refractivity contribution < 1.29 is 4.79 Å². The monoisotopic (exact) mass is 272 g/mol. The molecule has 0 spiro atoms. The van der Waals surface area contributed by atoms with E-state index in [0.29, 0.717) is 13.1 Å². The summed E-state index contributed by atoms with van der Waals surface area (Å²) in [6.07, 6.45) is 6.95. The fourth-order valence-electron chi connectivity index (χ4n) is 2.36. The summed E-state index contributed by atoms with van der Waals surface area (Å²) in [5.41, 5.74) is 1.07. The van der Waals surface area contributed by atoms with Crippen LogP contribution in [0.2, 0.25) is 0 Å². The van der Waals surface area contributed by atoms with Crippen LogP contribution in [0.5, 0.6) is 0 Å². The summed E-state index contributed by atoms with van der Waals surface area (Å²) in [5.74, 6) is 2.41. The van der Waals surface area contributed by atoms with Gasteiger partial charge < -0.3 is 10.2 Å². The Morgan fingerprint density at radius 3 is 2.80 bits per heavy atom. The van der Waals surface area contributed by atoms with Gasteiger partial charge >= 0.3 is 6.03 Å². The maximum Gasteiger partial charge on any atom is 0.318 e. The second-order valence-electron chi connectivity index (χ2n) is 4.82. The molecule has 5 nitrogen and oxygen atoms in total. The number of carbonyl (C=O) groups excluding carboxylic acids is 1. The zero-order valence-corrected chi connectivity index (χ0v) is 11.7. The molecule has 1 N–H and O–H groups in total. The van der Waals surface area contributed by atoms with Gasteiger partial charge in [0.1, 0.15) is 0 Å². The van der Waals surface area contributed by atoms with E-state index in [9.17, 15) is 4.79 Å². The van der Waals surface area contributed by atoms with Gasteiger partial charge in [-0.05, 0) is 19.1 Å². The fraction of sp³-hybridized carbons (Fsp3) is 0.467. The highest BCUT2D eigenvalue weighted by molar-refractivity contribution is 5.74. The lowest BCUT2D eigenvalue weighted by molar-refractivity contribution is 0.113. The zero-order chi connectivity index (χ0) is 14.4. The Morgan fingerprint density at radius 2 is 2.20 bits per heavy atom. The molecular weight excluding hydrogens is 252 g/mol. The van der Waals surface area contributed by atoms with Gasteiger partial charge in [0.25, 0.3) is 0 Å². The highest BCUT2D eigenvalue weighted by Crippen LogP contribution is 2.19.